The molecule has 0 unspecified atom stereocenters. The zero-order chi connectivity index (χ0) is 14.1. The molecule has 102 valence electrons. The summed E-state index contributed by atoms with van der Waals surface area (Å²) in [6.07, 6.45) is 0. The van der Waals surface area contributed by atoms with Crippen molar-refractivity contribution in [2.75, 3.05) is 0 Å². The summed E-state index contributed by atoms with van der Waals surface area (Å²) in [4.78, 5) is 2.60. The highest BCUT2D eigenvalue weighted by molar-refractivity contribution is 7.12. The summed E-state index contributed by atoms with van der Waals surface area (Å²) >= 11 is 7.98. The van der Waals surface area contributed by atoms with Crippen LogP contribution in [-0.4, -0.2) is 14.8 Å². The van der Waals surface area contributed by atoms with E-state index < -0.39 is 0 Å². The molecule has 0 N–H and O–H groups in total. The minimum Gasteiger partial charge on any atom is -0.292 e. The second kappa shape index (κ2) is 5.38. The standard InChI is InChI=1S/C15H14ClN3S/c1-10-8-13(20-11(10)2)9-19-14(17-18-15(19)16)12-6-4-3-5-7-12/h3-8H,9H2,1-2H3. The molecule has 3 nitrogen and oxygen atoms in total. The molecule has 0 radical (unpaired) electrons. The first-order valence-electron chi connectivity index (χ1n) is 6.35. The zero-order valence-corrected chi connectivity index (χ0v) is 12.9. The number of aryl methyl sites for hydroxylation is 2. The van der Waals surface area contributed by atoms with Crippen LogP contribution in [0.2, 0.25) is 5.28 Å². The Kier molecular flexibility index (Phi) is 3.59. The molecule has 2 heterocycles. The molecule has 0 aliphatic rings. The van der Waals surface area contributed by atoms with Crippen LogP contribution in [0.3, 0.4) is 0 Å². The number of halogens is 1. The van der Waals surface area contributed by atoms with Crippen LogP contribution in [0.15, 0.2) is 36.4 Å². The van der Waals surface area contributed by atoms with E-state index >= 15 is 0 Å². The number of thiophene rings is 1. The predicted molar refractivity (Wildman–Crippen MR) is 83.4 cm³/mol. The lowest BCUT2D eigenvalue weighted by Gasteiger charge is -2.06. The summed E-state index contributed by atoms with van der Waals surface area (Å²) in [5.74, 6) is 0.805. The van der Waals surface area contributed by atoms with Crippen molar-refractivity contribution in [2.24, 2.45) is 0 Å². The number of rotatable bonds is 3. The van der Waals surface area contributed by atoms with Crippen molar-refractivity contribution < 1.29 is 0 Å². The molecule has 1 aromatic carbocycles. The predicted octanol–water partition coefficient (Wildman–Crippen LogP) is 4.33. The molecular formula is C15H14ClN3S. The van der Waals surface area contributed by atoms with Gasteiger partial charge in [-0.1, -0.05) is 30.3 Å². The molecule has 0 spiro atoms. The van der Waals surface area contributed by atoms with Gasteiger partial charge in [0.15, 0.2) is 5.82 Å². The van der Waals surface area contributed by atoms with Gasteiger partial charge in [0.05, 0.1) is 6.54 Å². The highest BCUT2D eigenvalue weighted by Crippen LogP contribution is 2.26. The molecule has 3 aromatic rings. The fourth-order valence-electron chi connectivity index (χ4n) is 2.11. The molecule has 0 amide bonds. The Morgan fingerprint density at radius 1 is 1.15 bits per heavy atom. The van der Waals surface area contributed by atoms with Gasteiger partial charge in [0, 0.05) is 15.3 Å². The highest BCUT2D eigenvalue weighted by atomic mass is 35.5. The molecule has 2 aromatic heterocycles. The number of hydrogen-bond donors (Lipinski definition) is 0. The molecule has 0 bridgehead atoms. The van der Waals surface area contributed by atoms with E-state index in [0.29, 0.717) is 11.8 Å². The molecule has 0 aliphatic carbocycles. The molecular weight excluding hydrogens is 290 g/mol. The topological polar surface area (TPSA) is 30.7 Å². The third kappa shape index (κ3) is 2.49. The first kappa shape index (κ1) is 13.3. The average molecular weight is 304 g/mol. The summed E-state index contributed by atoms with van der Waals surface area (Å²) in [7, 11) is 0. The monoisotopic (exact) mass is 303 g/mol. The lowest BCUT2D eigenvalue weighted by atomic mass is 10.2. The quantitative estimate of drug-likeness (QED) is 0.721. The maximum absolute atomic E-state index is 6.19. The van der Waals surface area contributed by atoms with Gasteiger partial charge in [0.1, 0.15) is 0 Å². The molecule has 0 saturated carbocycles. The lowest BCUT2D eigenvalue weighted by Crippen LogP contribution is -2.01. The smallest absolute Gasteiger partial charge is 0.225 e. The van der Waals surface area contributed by atoms with Crippen molar-refractivity contribution in [3.63, 3.8) is 0 Å². The van der Waals surface area contributed by atoms with E-state index in [9.17, 15) is 0 Å². The van der Waals surface area contributed by atoms with E-state index in [-0.39, 0.29) is 0 Å². The van der Waals surface area contributed by atoms with Crippen LogP contribution in [0, 0.1) is 13.8 Å². The van der Waals surface area contributed by atoms with Gasteiger partial charge in [-0.2, -0.15) is 0 Å². The minimum absolute atomic E-state index is 0.424. The van der Waals surface area contributed by atoms with E-state index in [1.165, 1.54) is 15.3 Å². The van der Waals surface area contributed by atoms with Crippen molar-refractivity contribution in [3.05, 3.63) is 57.0 Å². The van der Waals surface area contributed by atoms with Gasteiger partial charge < -0.3 is 0 Å². The first-order chi connectivity index (χ1) is 9.65. The Bertz CT molecular complexity index is 711. The third-order valence-corrected chi connectivity index (χ3v) is 4.69. The van der Waals surface area contributed by atoms with Gasteiger partial charge in [0.25, 0.3) is 0 Å². The van der Waals surface area contributed by atoms with Crippen LogP contribution < -0.4 is 0 Å². The van der Waals surface area contributed by atoms with Gasteiger partial charge in [-0.05, 0) is 37.1 Å². The summed E-state index contributed by atoms with van der Waals surface area (Å²) in [6.45, 7) is 4.96. The average Bonchev–Trinajstić information content (AvgIpc) is 2.96. The van der Waals surface area contributed by atoms with E-state index in [4.69, 9.17) is 11.6 Å². The van der Waals surface area contributed by atoms with Crippen LogP contribution in [0.4, 0.5) is 0 Å². The molecule has 0 aliphatic heterocycles. The second-order valence-corrected chi connectivity index (χ2v) is 6.38. The van der Waals surface area contributed by atoms with E-state index in [1.807, 2.05) is 34.9 Å². The lowest BCUT2D eigenvalue weighted by molar-refractivity contribution is 0.816. The third-order valence-electron chi connectivity index (χ3n) is 3.27. The van der Waals surface area contributed by atoms with Gasteiger partial charge >= 0.3 is 0 Å². The van der Waals surface area contributed by atoms with Crippen LogP contribution in [0.5, 0.6) is 0 Å². The molecule has 3 rings (SSSR count). The molecule has 0 fully saturated rings. The maximum Gasteiger partial charge on any atom is 0.225 e. The van der Waals surface area contributed by atoms with Gasteiger partial charge in [-0.15, -0.1) is 21.5 Å². The SMILES string of the molecule is Cc1cc(Cn2c(Cl)nnc2-c2ccccc2)sc1C. The van der Waals surface area contributed by atoms with Crippen LogP contribution in [-0.2, 0) is 6.54 Å². The van der Waals surface area contributed by atoms with Crippen LogP contribution in [0.25, 0.3) is 11.4 Å². The van der Waals surface area contributed by atoms with Crippen molar-refractivity contribution >= 4 is 22.9 Å². The minimum atomic E-state index is 0.424. The summed E-state index contributed by atoms with van der Waals surface area (Å²) in [5.41, 5.74) is 2.34. The first-order valence-corrected chi connectivity index (χ1v) is 7.54. The van der Waals surface area contributed by atoms with Crippen molar-refractivity contribution in [2.45, 2.75) is 20.4 Å². The molecule has 20 heavy (non-hydrogen) atoms. The largest absolute Gasteiger partial charge is 0.292 e. The van der Waals surface area contributed by atoms with Crippen molar-refractivity contribution in [1.82, 2.24) is 14.8 Å². The summed E-state index contributed by atoms with van der Waals surface area (Å²) in [5, 5.41) is 8.62. The fourth-order valence-corrected chi connectivity index (χ4v) is 3.33. The normalized spacial score (nSPS) is 10.9. The number of benzene rings is 1. The Balaban J connectivity index is 1.99. The van der Waals surface area contributed by atoms with Crippen LogP contribution in [0.1, 0.15) is 15.3 Å². The van der Waals surface area contributed by atoms with Gasteiger partial charge in [-0.3, -0.25) is 4.57 Å². The highest BCUT2D eigenvalue weighted by Gasteiger charge is 2.13. The van der Waals surface area contributed by atoms with Crippen molar-refractivity contribution in [3.8, 4) is 11.4 Å². The Morgan fingerprint density at radius 2 is 1.90 bits per heavy atom. The van der Waals surface area contributed by atoms with Gasteiger partial charge in [0.2, 0.25) is 5.28 Å². The number of hydrogen-bond acceptors (Lipinski definition) is 3. The van der Waals surface area contributed by atoms with E-state index in [2.05, 4.69) is 30.1 Å². The van der Waals surface area contributed by atoms with Gasteiger partial charge in [-0.25, -0.2) is 0 Å². The van der Waals surface area contributed by atoms with Crippen LogP contribution >= 0.6 is 22.9 Å². The van der Waals surface area contributed by atoms with Crippen molar-refractivity contribution in [1.29, 1.82) is 0 Å². The Morgan fingerprint density at radius 3 is 2.55 bits per heavy atom. The Labute approximate surface area is 126 Å². The summed E-state index contributed by atoms with van der Waals surface area (Å²) in [6, 6.07) is 12.2. The van der Waals surface area contributed by atoms with E-state index in [0.717, 1.165) is 11.4 Å². The number of aromatic nitrogens is 3. The fraction of sp³-hybridized carbons (Fsp3) is 0.200. The maximum atomic E-state index is 6.19. The Hall–Kier alpha value is -1.65. The molecule has 5 heteroatoms. The molecule has 0 atom stereocenters. The summed E-state index contributed by atoms with van der Waals surface area (Å²) < 4.78 is 1.95. The second-order valence-electron chi connectivity index (χ2n) is 4.70. The number of nitrogens with zero attached hydrogens (tertiary/aromatic N) is 3. The van der Waals surface area contributed by atoms with E-state index in [1.54, 1.807) is 11.3 Å². The zero-order valence-electron chi connectivity index (χ0n) is 11.3. The molecule has 0 saturated heterocycles.